The van der Waals surface area contributed by atoms with E-state index < -0.39 is 0 Å². The monoisotopic (exact) mass is 359 g/mol. The molecule has 6 heteroatoms. The van der Waals surface area contributed by atoms with Gasteiger partial charge in [0.05, 0.1) is 11.3 Å². The molecular weight excluding hydrogens is 338 g/mol. The van der Waals surface area contributed by atoms with E-state index in [9.17, 15) is 4.79 Å². The summed E-state index contributed by atoms with van der Waals surface area (Å²) in [4.78, 5) is 14.1. The Bertz CT molecular complexity index is 784. The number of amides is 1. The minimum absolute atomic E-state index is 0.121. The van der Waals surface area contributed by atoms with E-state index in [4.69, 9.17) is 18.0 Å². The summed E-state index contributed by atoms with van der Waals surface area (Å²) in [5.74, 6) is 0.533. The van der Waals surface area contributed by atoms with Crippen molar-refractivity contribution in [3.8, 4) is 0 Å². The second kappa shape index (κ2) is 6.91. The van der Waals surface area contributed by atoms with Gasteiger partial charge in [0, 0.05) is 10.3 Å². The topological polar surface area (TPSA) is 58.4 Å². The first kappa shape index (κ1) is 16.9. The van der Waals surface area contributed by atoms with Gasteiger partial charge >= 0.3 is 0 Å². The highest BCUT2D eigenvalue weighted by molar-refractivity contribution is 7.80. The van der Waals surface area contributed by atoms with Crippen LogP contribution in [0.15, 0.2) is 29.6 Å². The van der Waals surface area contributed by atoms with Crippen LogP contribution in [0.1, 0.15) is 39.7 Å². The third-order valence-corrected chi connectivity index (χ3v) is 5.67. The Kier molecular flexibility index (Phi) is 4.87. The minimum atomic E-state index is -0.155. The molecular formula is C18H21N3OS2. The number of thiophene rings is 1. The number of fused-ring (bicyclic) bond motifs is 1. The van der Waals surface area contributed by atoms with Crippen molar-refractivity contribution < 1.29 is 4.79 Å². The summed E-state index contributed by atoms with van der Waals surface area (Å²) in [6, 6.07) is 7.68. The van der Waals surface area contributed by atoms with Crippen LogP contribution < -0.4 is 16.2 Å². The minimum Gasteiger partial charge on any atom is -0.374 e. The molecule has 24 heavy (non-hydrogen) atoms. The maximum absolute atomic E-state index is 12.8. The van der Waals surface area contributed by atoms with Gasteiger partial charge in [-0.3, -0.25) is 10.2 Å². The zero-order valence-corrected chi connectivity index (χ0v) is 15.5. The Labute approximate surface area is 151 Å². The van der Waals surface area contributed by atoms with Crippen molar-refractivity contribution in [2.75, 3.05) is 5.01 Å². The lowest BCUT2D eigenvalue weighted by molar-refractivity contribution is 0.0954. The quantitative estimate of drug-likeness (QED) is 0.636. The normalized spacial score (nSPS) is 16.3. The molecule has 1 aliphatic rings. The van der Waals surface area contributed by atoms with Crippen LogP contribution in [0.4, 0.5) is 5.69 Å². The third-order valence-electron chi connectivity index (χ3n) is 4.44. The molecule has 3 rings (SSSR count). The molecule has 0 radical (unpaired) electrons. The van der Waals surface area contributed by atoms with Gasteiger partial charge in [0.15, 0.2) is 5.11 Å². The van der Waals surface area contributed by atoms with E-state index in [2.05, 4.69) is 12.3 Å². The number of aryl methyl sites for hydroxylation is 1. The van der Waals surface area contributed by atoms with Gasteiger partial charge in [-0.15, -0.1) is 11.3 Å². The van der Waals surface area contributed by atoms with Crippen molar-refractivity contribution >= 4 is 40.3 Å². The molecule has 1 amide bonds. The molecule has 3 N–H and O–H groups in total. The summed E-state index contributed by atoms with van der Waals surface area (Å²) in [7, 11) is 0. The highest BCUT2D eigenvalue weighted by atomic mass is 32.1. The van der Waals surface area contributed by atoms with Crippen molar-refractivity contribution in [2.45, 2.75) is 33.1 Å². The zero-order valence-electron chi connectivity index (χ0n) is 13.8. The zero-order chi connectivity index (χ0) is 17.3. The Hall–Kier alpha value is -1.92. The van der Waals surface area contributed by atoms with E-state index >= 15 is 0 Å². The standard InChI is InChI=1S/C18H21N3OS2/c1-11-7-8-13-14(10-24-16(13)9-11)17(22)20-21(18(19)23)15-6-4-3-5-12(15)2/h3-6,10-11H,7-9H2,1-2H3,(H2,19,23)(H,20,22). The third kappa shape index (κ3) is 3.30. The average Bonchev–Trinajstić information content (AvgIpc) is 2.96. The van der Waals surface area contributed by atoms with Gasteiger partial charge in [0.25, 0.3) is 5.91 Å². The SMILES string of the molecule is Cc1ccccc1N(NC(=O)c1csc2c1CCC(C)C2)C(N)=S. The molecule has 0 saturated carbocycles. The van der Waals surface area contributed by atoms with E-state index in [1.54, 1.807) is 11.3 Å². The number of nitrogens with two attached hydrogens (primary N) is 1. The van der Waals surface area contributed by atoms with Crippen LogP contribution in [-0.2, 0) is 12.8 Å². The smallest absolute Gasteiger partial charge is 0.271 e. The number of nitrogens with one attached hydrogen (secondary N) is 1. The summed E-state index contributed by atoms with van der Waals surface area (Å²) >= 11 is 6.81. The number of carbonyl (C=O) groups is 1. The molecule has 0 fully saturated rings. The predicted octanol–water partition coefficient (Wildman–Crippen LogP) is 3.58. The van der Waals surface area contributed by atoms with Gasteiger partial charge in [0.1, 0.15) is 0 Å². The highest BCUT2D eigenvalue weighted by Gasteiger charge is 2.25. The number of anilines is 1. The summed E-state index contributed by atoms with van der Waals surface area (Å²) < 4.78 is 0. The lowest BCUT2D eigenvalue weighted by atomic mass is 9.88. The van der Waals surface area contributed by atoms with Crippen LogP contribution in [0.2, 0.25) is 0 Å². The van der Waals surface area contributed by atoms with Crippen LogP contribution in [-0.4, -0.2) is 11.0 Å². The molecule has 1 heterocycles. The molecule has 0 spiro atoms. The number of hydrazine groups is 1. The largest absolute Gasteiger partial charge is 0.374 e. The van der Waals surface area contributed by atoms with Gasteiger partial charge in [-0.05, 0) is 61.5 Å². The van der Waals surface area contributed by atoms with Crippen molar-refractivity contribution in [3.63, 3.8) is 0 Å². The number of benzene rings is 1. The first-order valence-electron chi connectivity index (χ1n) is 8.02. The van der Waals surface area contributed by atoms with E-state index in [1.807, 2.05) is 36.6 Å². The number of rotatable bonds is 2. The first-order chi connectivity index (χ1) is 11.5. The van der Waals surface area contributed by atoms with E-state index in [0.29, 0.717) is 5.92 Å². The molecule has 1 unspecified atom stereocenters. The predicted molar refractivity (Wildman–Crippen MR) is 103 cm³/mol. The molecule has 0 bridgehead atoms. The molecule has 1 aromatic heterocycles. The molecule has 0 saturated heterocycles. The van der Waals surface area contributed by atoms with Gasteiger partial charge in [-0.2, -0.15) is 0 Å². The number of thiocarbonyl (C=S) groups is 1. The second-order valence-electron chi connectivity index (χ2n) is 6.30. The molecule has 1 aliphatic carbocycles. The van der Waals surface area contributed by atoms with Crippen LogP contribution in [0.3, 0.4) is 0 Å². The van der Waals surface area contributed by atoms with Gasteiger partial charge in [-0.25, -0.2) is 5.01 Å². The number of nitrogens with zero attached hydrogens (tertiary/aromatic N) is 1. The molecule has 1 atom stereocenters. The molecule has 1 aromatic carbocycles. The number of para-hydroxylation sites is 1. The average molecular weight is 360 g/mol. The van der Waals surface area contributed by atoms with E-state index in [0.717, 1.165) is 36.1 Å². The van der Waals surface area contributed by atoms with Crippen molar-refractivity contribution in [1.29, 1.82) is 0 Å². The van der Waals surface area contributed by atoms with Crippen LogP contribution in [0.5, 0.6) is 0 Å². The second-order valence-corrected chi connectivity index (χ2v) is 7.68. The number of hydrogen-bond donors (Lipinski definition) is 2. The summed E-state index contributed by atoms with van der Waals surface area (Å²) in [6.45, 7) is 4.22. The molecule has 0 aliphatic heterocycles. The fraction of sp³-hybridized carbons (Fsp3) is 0.333. The first-order valence-corrected chi connectivity index (χ1v) is 9.31. The van der Waals surface area contributed by atoms with Crippen LogP contribution in [0.25, 0.3) is 0 Å². The Morgan fingerprint density at radius 1 is 1.42 bits per heavy atom. The van der Waals surface area contributed by atoms with Crippen molar-refractivity contribution in [3.05, 3.63) is 51.2 Å². The molecule has 126 valence electrons. The van der Waals surface area contributed by atoms with Gasteiger partial charge in [-0.1, -0.05) is 25.1 Å². The molecule has 2 aromatic rings. The number of hydrogen-bond acceptors (Lipinski definition) is 3. The Morgan fingerprint density at radius 3 is 2.88 bits per heavy atom. The summed E-state index contributed by atoms with van der Waals surface area (Å²) in [5, 5.41) is 3.56. The maximum Gasteiger partial charge on any atom is 0.271 e. The summed E-state index contributed by atoms with van der Waals surface area (Å²) in [6.07, 6.45) is 3.14. The fourth-order valence-corrected chi connectivity index (χ4v) is 4.47. The molecule has 4 nitrogen and oxygen atoms in total. The van der Waals surface area contributed by atoms with Gasteiger partial charge in [0.2, 0.25) is 0 Å². The van der Waals surface area contributed by atoms with Gasteiger partial charge < -0.3 is 5.73 Å². The van der Waals surface area contributed by atoms with Crippen molar-refractivity contribution in [1.82, 2.24) is 5.43 Å². The number of carbonyl (C=O) groups excluding carboxylic acids is 1. The highest BCUT2D eigenvalue weighted by Crippen LogP contribution is 2.33. The Balaban J connectivity index is 1.85. The van der Waals surface area contributed by atoms with Crippen LogP contribution >= 0.6 is 23.6 Å². The fourth-order valence-electron chi connectivity index (χ4n) is 3.08. The lowest BCUT2D eigenvalue weighted by Gasteiger charge is -2.25. The van der Waals surface area contributed by atoms with E-state index in [-0.39, 0.29) is 11.0 Å². The summed E-state index contributed by atoms with van der Waals surface area (Å²) in [5.41, 5.74) is 12.4. The van der Waals surface area contributed by atoms with E-state index in [1.165, 1.54) is 15.4 Å². The maximum atomic E-state index is 12.8. The van der Waals surface area contributed by atoms with Crippen LogP contribution in [0, 0.1) is 12.8 Å². The Morgan fingerprint density at radius 2 is 2.17 bits per heavy atom. The lowest BCUT2D eigenvalue weighted by Crippen LogP contribution is -2.49. The van der Waals surface area contributed by atoms with Crippen molar-refractivity contribution in [2.24, 2.45) is 11.7 Å².